The van der Waals surface area contributed by atoms with Crippen molar-refractivity contribution in [1.82, 2.24) is 0 Å². The van der Waals surface area contributed by atoms with Crippen LogP contribution in [0.15, 0.2) is 70.5 Å². The lowest BCUT2D eigenvalue weighted by Crippen LogP contribution is -2.31. The number of hydrogen-bond acceptors (Lipinski definition) is 3. The quantitative estimate of drug-likeness (QED) is 0.367. The number of amides is 2. The van der Waals surface area contributed by atoms with E-state index < -0.39 is 23.8 Å². The topological polar surface area (TPSA) is 61.5 Å². The summed E-state index contributed by atoms with van der Waals surface area (Å²) >= 11 is 5.68. The Kier molecular flexibility index (Phi) is 8.44. The van der Waals surface area contributed by atoms with E-state index in [1.165, 1.54) is 4.58 Å². The number of nitrogens with one attached hydrogen (secondary N) is 1. The largest absolute Gasteiger partial charge is 0.418 e. The molecule has 0 radical (unpaired) electrons. The van der Waals surface area contributed by atoms with Gasteiger partial charge in [-0.05, 0) is 79.1 Å². The standard InChI is InChI=1S/C29H28ClF2N3O2/c1-35(2)29(37)23-11-5-10-22-21(23)12-6-14-33-26(22)13-4-8-18-7-3-9-20(15-18)34-28(36)27-24(31)16-19(30)17-25(27)32/h3,5,7,9-11,15-17,24,27H,1,4,6,8,12-14H2,2H3/p+1. The fourth-order valence-corrected chi connectivity index (χ4v) is 4.95. The number of benzene rings is 2. The molecule has 1 aliphatic carbocycles. The first-order valence-corrected chi connectivity index (χ1v) is 12.6. The van der Waals surface area contributed by atoms with Gasteiger partial charge in [0, 0.05) is 23.0 Å². The molecular formula is C29H29ClF2N3O2+. The van der Waals surface area contributed by atoms with Gasteiger partial charge in [-0.2, -0.15) is 4.58 Å². The maximum absolute atomic E-state index is 14.2. The van der Waals surface area contributed by atoms with Gasteiger partial charge in [-0.25, -0.2) is 13.6 Å². The fourth-order valence-electron chi connectivity index (χ4n) is 4.73. The van der Waals surface area contributed by atoms with Crippen LogP contribution in [0.1, 0.15) is 46.3 Å². The van der Waals surface area contributed by atoms with E-state index >= 15 is 0 Å². The van der Waals surface area contributed by atoms with Crippen LogP contribution in [0.4, 0.5) is 14.5 Å². The van der Waals surface area contributed by atoms with Crippen LogP contribution in [0.5, 0.6) is 0 Å². The van der Waals surface area contributed by atoms with Crippen molar-refractivity contribution in [1.29, 1.82) is 0 Å². The van der Waals surface area contributed by atoms with E-state index in [9.17, 15) is 18.4 Å². The molecule has 0 saturated heterocycles. The Bertz CT molecular complexity index is 1330. The van der Waals surface area contributed by atoms with Crippen LogP contribution >= 0.6 is 11.6 Å². The summed E-state index contributed by atoms with van der Waals surface area (Å²) in [6, 6.07) is 13.0. The molecule has 2 amide bonds. The molecule has 8 heteroatoms. The Hall–Kier alpha value is -3.45. The molecule has 2 aromatic carbocycles. The second-order valence-electron chi connectivity index (χ2n) is 9.31. The molecular weight excluding hydrogens is 496 g/mol. The number of anilines is 1. The van der Waals surface area contributed by atoms with Gasteiger partial charge in [-0.15, -0.1) is 0 Å². The van der Waals surface area contributed by atoms with Crippen LogP contribution in [-0.2, 0) is 17.6 Å². The number of carbonyl (C=O) groups is 2. The molecule has 0 fully saturated rings. The maximum Gasteiger partial charge on any atom is 0.418 e. The molecule has 0 aromatic heterocycles. The van der Waals surface area contributed by atoms with Crippen LogP contribution in [0.25, 0.3) is 0 Å². The van der Waals surface area contributed by atoms with Crippen molar-refractivity contribution in [3.05, 3.63) is 87.7 Å². The normalized spacial score (nSPS) is 19.1. The monoisotopic (exact) mass is 524 g/mol. The number of hydrogen-bond donors (Lipinski definition) is 1. The number of nitrogens with zero attached hydrogens (tertiary/aromatic N) is 2. The lowest BCUT2D eigenvalue weighted by Gasteiger charge is -2.20. The number of fused-ring (bicyclic) bond motifs is 1. The van der Waals surface area contributed by atoms with E-state index in [4.69, 9.17) is 16.6 Å². The molecule has 5 nitrogen and oxygen atoms in total. The highest BCUT2D eigenvalue weighted by Gasteiger charge is 2.34. The lowest BCUT2D eigenvalue weighted by atomic mass is 9.92. The van der Waals surface area contributed by atoms with Gasteiger partial charge in [-0.1, -0.05) is 35.9 Å². The van der Waals surface area contributed by atoms with Crippen molar-refractivity contribution in [2.45, 2.75) is 38.3 Å². The zero-order valence-electron chi connectivity index (χ0n) is 20.6. The third-order valence-electron chi connectivity index (χ3n) is 6.52. The number of rotatable bonds is 7. The highest BCUT2D eigenvalue weighted by Crippen LogP contribution is 2.30. The minimum absolute atomic E-state index is 0.0607. The molecule has 2 atom stereocenters. The first-order chi connectivity index (χ1) is 17.7. The second kappa shape index (κ2) is 11.7. The number of alkyl halides is 1. The van der Waals surface area contributed by atoms with Gasteiger partial charge in [0.15, 0.2) is 0 Å². The fraction of sp³-hybridized carbons (Fsp3) is 0.310. The van der Waals surface area contributed by atoms with Gasteiger partial charge < -0.3 is 5.32 Å². The zero-order chi connectivity index (χ0) is 26.5. The Morgan fingerprint density at radius 3 is 2.76 bits per heavy atom. The molecule has 1 N–H and O–H groups in total. The molecule has 4 rings (SSSR count). The van der Waals surface area contributed by atoms with E-state index in [1.54, 1.807) is 19.2 Å². The van der Waals surface area contributed by atoms with E-state index in [1.807, 2.05) is 30.3 Å². The summed E-state index contributed by atoms with van der Waals surface area (Å²) in [4.78, 5) is 30.0. The minimum atomic E-state index is -1.83. The maximum atomic E-state index is 14.2. The summed E-state index contributed by atoms with van der Waals surface area (Å²) < 4.78 is 29.7. The Labute approximate surface area is 220 Å². The smallest absolute Gasteiger partial charge is 0.325 e. The Morgan fingerprint density at radius 2 is 2.00 bits per heavy atom. The predicted molar refractivity (Wildman–Crippen MR) is 143 cm³/mol. The van der Waals surface area contributed by atoms with Gasteiger partial charge in [0.1, 0.15) is 31.7 Å². The summed E-state index contributed by atoms with van der Waals surface area (Å²) in [6.45, 7) is 4.44. The minimum Gasteiger partial charge on any atom is -0.325 e. The van der Waals surface area contributed by atoms with Crippen molar-refractivity contribution in [3.63, 3.8) is 0 Å². The first kappa shape index (κ1) is 26.6. The third kappa shape index (κ3) is 6.28. The van der Waals surface area contributed by atoms with Crippen molar-refractivity contribution >= 4 is 41.5 Å². The van der Waals surface area contributed by atoms with Crippen molar-refractivity contribution in [2.24, 2.45) is 10.9 Å². The van der Waals surface area contributed by atoms with Gasteiger partial charge in [0.2, 0.25) is 5.91 Å². The number of allylic oxidation sites excluding steroid dienone is 3. The van der Waals surface area contributed by atoms with E-state index in [0.717, 1.165) is 66.7 Å². The Balaban J connectivity index is 1.41. The predicted octanol–water partition coefficient (Wildman–Crippen LogP) is 5.81. The van der Waals surface area contributed by atoms with Gasteiger partial charge in [0.25, 0.3) is 0 Å². The summed E-state index contributed by atoms with van der Waals surface area (Å²) in [7, 11) is 1.65. The third-order valence-corrected chi connectivity index (χ3v) is 6.75. The van der Waals surface area contributed by atoms with Crippen LogP contribution in [0.2, 0.25) is 0 Å². The average Bonchev–Trinajstić information content (AvgIpc) is 3.05. The Morgan fingerprint density at radius 1 is 1.22 bits per heavy atom. The van der Waals surface area contributed by atoms with Crippen LogP contribution < -0.4 is 5.32 Å². The molecule has 2 aromatic rings. The molecule has 2 unspecified atom stereocenters. The molecule has 37 heavy (non-hydrogen) atoms. The number of aryl methyl sites for hydroxylation is 1. The number of aliphatic imine (C=N–C) groups is 1. The van der Waals surface area contributed by atoms with E-state index in [-0.39, 0.29) is 10.9 Å². The average molecular weight is 525 g/mol. The van der Waals surface area contributed by atoms with Crippen LogP contribution in [0.3, 0.4) is 0 Å². The van der Waals surface area contributed by atoms with Crippen LogP contribution in [0, 0.1) is 5.92 Å². The van der Waals surface area contributed by atoms with Gasteiger partial charge in [-0.3, -0.25) is 9.79 Å². The number of carbonyl (C=O) groups excluding carboxylic acids is 2. The zero-order valence-corrected chi connectivity index (χ0v) is 21.4. The molecule has 2 aliphatic rings. The van der Waals surface area contributed by atoms with Crippen molar-refractivity contribution in [2.75, 3.05) is 18.9 Å². The highest BCUT2D eigenvalue weighted by molar-refractivity contribution is 6.31. The summed E-state index contributed by atoms with van der Waals surface area (Å²) in [5.41, 5.74) is 5.15. The molecule has 1 heterocycles. The van der Waals surface area contributed by atoms with E-state index in [2.05, 4.69) is 12.0 Å². The summed E-state index contributed by atoms with van der Waals surface area (Å²) in [5.74, 6) is -3.33. The first-order valence-electron chi connectivity index (χ1n) is 12.3. The van der Waals surface area contributed by atoms with Crippen molar-refractivity contribution in [3.8, 4) is 0 Å². The van der Waals surface area contributed by atoms with Gasteiger partial charge in [0.05, 0.1) is 5.56 Å². The highest BCUT2D eigenvalue weighted by atomic mass is 35.5. The molecule has 0 saturated carbocycles. The van der Waals surface area contributed by atoms with Crippen LogP contribution in [-0.4, -0.2) is 48.6 Å². The SMILES string of the molecule is C=[N+](C)C(=O)c1cccc2c1CCCN=C2CCCc1cccc(NC(=O)C2C(F)=CC(Cl)=CC2F)c1. The second-order valence-corrected chi connectivity index (χ2v) is 9.75. The number of halogens is 3. The molecule has 192 valence electrons. The van der Waals surface area contributed by atoms with Gasteiger partial charge >= 0.3 is 5.91 Å². The van der Waals surface area contributed by atoms with Crippen molar-refractivity contribution < 1.29 is 22.9 Å². The molecule has 0 spiro atoms. The molecule has 1 aliphatic heterocycles. The lowest BCUT2D eigenvalue weighted by molar-refractivity contribution is -0.384. The summed E-state index contributed by atoms with van der Waals surface area (Å²) in [6.07, 6.45) is 4.09. The summed E-state index contributed by atoms with van der Waals surface area (Å²) in [5, 5.41) is 2.56. The molecule has 0 bridgehead atoms. The van der Waals surface area contributed by atoms with E-state index in [0.29, 0.717) is 17.8 Å².